The van der Waals surface area contributed by atoms with E-state index < -0.39 is 0 Å². The fraction of sp³-hybridized carbons (Fsp3) is 0.250. The summed E-state index contributed by atoms with van der Waals surface area (Å²) in [5.74, 6) is -0.586. The summed E-state index contributed by atoms with van der Waals surface area (Å²) >= 11 is 0. The minimum atomic E-state index is -0.312. The molecule has 0 heterocycles. The highest BCUT2D eigenvalue weighted by Gasteiger charge is 2.11. The van der Waals surface area contributed by atoms with Gasteiger partial charge in [0.25, 0.3) is 0 Å². The Balaban J connectivity index is 2.27. The third kappa shape index (κ3) is 3.33. The summed E-state index contributed by atoms with van der Waals surface area (Å²) in [5, 5.41) is 0. The van der Waals surface area contributed by atoms with Crippen molar-refractivity contribution in [2.24, 2.45) is 5.73 Å². The molecule has 0 atom stereocenters. The molecule has 0 saturated heterocycles. The first kappa shape index (κ1) is 14.5. The summed E-state index contributed by atoms with van der Waals surface area (Å²) in [6.45, 7) is 3.31. The molecule has 0 saturated carbocycles. The number of hydrogen-bond donors (Lipinski definition) is 1. The molecule has 0 fully saturated rings. The maximum Gasteiger partial charge on any atom is 0.146 e. The number of para-hydroxylation sites is 1. The Morgan fingerprint density at radius 1 is 1.05 bits per heavy atom. The largest absolute Gasteiger partial charge is 0.365 e. The fourth-order valence-electron chi connectivity index (χ4n) is 2.22. The van der Waals surface area contributed by atoms with E-state index in [0.29, 0.717) is 18.8 Å². The van der Waals surface area contributed by atoms with Crippen molar-refractivity contribution in [3.63, 3.8) is 0 Å². The second-order valence-electron chi connectivity index (χ2n) is 4.64. The first-order chi connectivity index (χ1) is 9.63. The van der Waals surface area contributed by atoms with Gasteiger partial charge in [-0.2, -0.15) is 0 Å². The Labute approximate surface area is 117 Å². The van der Waals surface area contributed by atoms with Crippen LogP contribution in [0.3, 0.4) is 0 Å². The summed E-state index contributed by atoms with van der Waals surface area (Å²) in [6, 6.07) is 11.3. The Morgan fingerprint density at radius 2 is 1.75 bits per heavy atom. The lowest BCUT2D eigenvalue weighted by Gasteiger charge is -2.24. The Kier molecular flexibility index (Phi) is 4.69. The van der Waals surface area contributed by atoms with Crippen LogP contribution >= 0.6 is 0 Å². The first-order valence-corrected chi connectivity index (χ1v) is 6.62. The van der Waals surface area contributed by atoms with Gasteiger partial charge < -0.3 is 10.6 Å². The van der Waals surface area contributed by atoms with E-state index >= 15 is 0 Å². The van der Waals surface area contributed by atoms with E-state index in [4.69, 9.17) is 5.73 Å². The minimum absolute atomic E-state index is 0.273. The molecule has 0 spiro atoms. The molecule has 2 aromatic rings. The molecule has 4 heteroatoms. The molecule has 0 amide bonds. The second-order valence-corrected chi connectivity index (χ2v) is 4.64. The van der Waals surface area contributed by atoms with E-state index in [1.54, 1.807) is 18.2 Å². The van der Waals surface area contributed by atoms with Gasteiger partial charge in [-0.3, -0.25) is 0 Å². The van der Waals surface area contributed by atoms with E-state index in [1.807, 2.05) is 17.9 Å². The maximum atomic E-state index is 13.8. The molecule has 2 nitrogen and oxygen atoms in total. The topological polar surface area (TPSA) is 29.3 Å². The van der Waals surface area contributed by atoms with Gasteiger partial charge in [-0.15, -0.1) is 0 Å². The van der Waals surface area contributed by atoms with E-state index in [0.717, 1.165) is 11.1 Å². The Bertz CT molecular complexity index is 584. The summed E-state index contributed by atoms with van der Waals surface area (Å²) in [6.07, 6.45) is 0. The highest BCUT2D eigenvalue weighted by molar-refractivity contribution is 5.48. The third-order valence-corrected chi connectivity index (χ3v) is 3.20. The van der Waals surface area contributed by atoms with E-state index in [-0.39, 0.29) is 18.2 Å². The van der Waals surface area contributed by atoms with Crippen molar-refractivity contribution in [2.45, 2.75) is 20.0 Å². The van der Waals surface area contributed by atoms with Crippen molar-refractivity contribution < 1.29 is 8.78 Å². The summed E-state index contributed by atoms with van der Waals surface area (Å²) in [7, 11) is 0. The zero-order chi connectivity index (χ0) is 14.5. The maximum absolute atomic E-state index is 13.8. The molecule has 0 aromatic heterocycles. The summed E-state index contributed by atoms with van der Waals surface area (Å²) in [5.41, 5.74) is 7.60. The highest BCUT2D eigenvalue weighted by atomic mass is 19.1. The minimum Gasteiger partial charge on any atom is -0.365 e. The number of rotatable bonds is 5. The first-order valence-electron chi connectivity index (χ1n) is 6.62. The van der Waals surface area contributed by atoms with Gasteiger partial charge in [0.15, 0.2) is 0 Å². The lowest BCUT2D eigenvalue weighted by molar-refractivity contribution is 0.614. The molecular weight excluding hydrogens is 258 g/mol. The van der Waals surface area contributed by atoms with Crippen molar-refractivity contribution in [1.29, 1.82) is 0 Å². The molecule has 0 aliphatic rings. The molecule has 0 unspecified atom stereocenters. The molecule has 2 rings (SSSR count). The molecular formula is C16H18F2N2. The third-order valence-electron chi connectivity index (χ3n) is 3.20. The van der Waals surface area contributed by atoms with Gasteiger partial charge in [0.2, 0.25) is 0 Å². The molecule has 0 aliphatic carbocycles. The van der Waals surface area contributed by atoms with Crippen molar-refractivity contribution in [3.8, 4) is 0 Å². The fourth-order valence-corrected chi connectivity index (χ4v) is 2.22. The highest BCUT2D eigenvalue weighted by Crippen LogP contribution is 2.21. The van der Waals surface area contributed by atoms with Gasteiger partial charge in [-0.25, -0.2) is 8.78 Å². The van der Waals surface area contributed by atoms with Crippen LogP contribution in [0.1, 0.15) is 18.1 Å². The number of anilines is 1. The van der Waals surface area contributed by atoms with Gasteiger partial charge in [0, 0.05) is 19.6 Å². The standard InChI is InChI=1S/C16H18F2N2/c1-2-20(16-6-4-3-5-15(16)18)11-13-7-12(10-19)8-14(17)9-13/h3-9H,2,10-11,19H2,1H3. The van der Waals surface area contributed by atoms with E-state index in [9.17, 15) is 8.78 Å². The van der Waals surface area contributed by atoms with Crippen molar-refractivity contribution >= 4 is 5.69 Å². The number of nitrogens with zero attached hydrogens (tertiary/aromatic N) is 1. The van der Waals surface area contributed by atoms with Crippen LogP contribution in [-0.4, -0.2) is 6.54 Å². The lowest BCUT2D eigenvalue weighted by atomic mass is 10.1. The number of halogens is 2. The molecule has 20 heavy (non-hydrogen) atoms. The van der Waals surface area contributed by atoms with Crippen molar-refractivity contribution in [2.75, 3.05) is 11.4 Å². The van der Waals surface area contributed by atoms with Crippen LogP contribution < -0.4 is 10.6 Å². The van der Waals surface area contributed by atoms with Crippen LogP contribution in [0.15, 0.2) is 42.5 Å². The normalized spacial score (nSPS) is 10.6. The van der Waals surface area contributed by atoms with E-state index in [2.05, 4.69) is 0 Å². The van der Waals surface area contributed by atoms with Crippen LogP contribution in [0.4, 0.5) is 14.5 Å². The molecule has 2 N–H and O–H groups in total. The zero-order valence-corrected chi connectivity index (χ0v) is 11.4. The van der Waals surface area contributed by atoms with Crippen molar-refractivity contribution in [1.82, 2.24) is 0 Å². The van der Waals surface area contributed by atoms with Crippen LogP contribution in [0.2, 0.25) is 0 Å². The molecule has 2 aromatic carbocycles. The van der Waals surface area contributed by atoms with Gasteiger partial charge >= 0.3 is 0 Å². The molecule has 106 valence electrons. The lowest BCUT2D eigenvalue weighted by Crippen LogP contribution is -2.23. The zero-order valence-electron chi connectivity index (χ0n) is 11.4. The van der Waals surface area contributed by atoms with E-state index in [1.165, 1.54) is 18.2 Å². The average molecular weight is 276 g/mol. The van der Waals surface area contributed by atoms with Crippen molar-refractivity contribution in [3.05, 3.63) is 65.2 Å². The van der Waals surface area contributed by atoms with Crippen LogP contribution in [-0.2, 0) is 13.1 Å². The number of benzene rings is 2. The number of hydrogen-bond acceptors (Lipinski definition) is 2. The molecule has 0 bridgehead atoms. The SMILES string of the molecule is CCN(Cc1cc(F)cc(CN)c1)c1ccccc1F. The number of nitrogens with two attached hydrogens (primary N) is 1. The average Bonchev–Trinajstić information content (AvgIpc) is 2.45. The smallest absolute Gasteiger partial charge is 0.146 e. The van der Waals surface area contributed by atoms with Gasteiger partial charge in [-0.1, -0.05) is 18.2 Å². The quantitative estimate of drug-likeness (QED) is 0.906. The van der Waals surface area contributed by atoms with Crippen LogP contribution in [0.25, 0.3) is 0 Å². The van der Waals surface area contributed by atoms with Gasteiger partial charge in [0.1, 0.15) is 11.6 Å². The molecule has 0 aliphatic heterocycles. The predicted molar refractivity (Wildman–Crippen MR) is 77.4 cm³/mol. The van der Waals surface area contributed by atoms with Crippen LogP contribution in [0.5, 0.6) is 0 Å². The summed E-state index contributed by atoms with van der Waals surface area (Å²) in [4.78, 5) is 1.87. The Morgan fingerprint density at radius 3 is 2.40 bits per heavy atom. The van der Waals surface area contributed by atoms with Gasteiger partial charge in [-0.05, 0) is 42.3 Å². The molecule has 0 radical (unpaired) electrons. The predicted octanol–water partition coefficient (Wildman–Crippen LogP) is 3.45. The second kappa shape index (κ2) is 6.48. The van der Waals surface area contributed by atoms with Gasteiger partial charge in [0.05, 0.1) is 5.69 Å². The summed E-state index contributed by atoms with van der Waals surface area (Å²) < 4.78 is 27.3. The van der Waals surface area contributed by atoms with Crippen LogP contribution in [0, 0.1) is 11.6 Å². The Hall–Kier alpha value is -1.94. The monoisotopic (exact) mass is 276 g/mol.